The number of fused-ring (bicyclic) bond motifs is 1. The van der Waals surface area contributed by atoms with E-state index < -0.39 is 0 Å². The number of nitrogens with one attached hydrogen (secondary N) is 1. The molecule has 0 spiro atoms. The van der Waals surface area contributed by atoms with Gasteiger partial charge in [0.25, 0.3) is 0 Å². The fraction of sp³-hybridized carbons (Fsp3) is 0.312. The first-order valence-corrected chi connectivity index (χ1v) is 6.75. The van der Waals surface area contributed by atoms with Gasteiger partial charge in [0.1, 0.15) is 0 Å². The van der Waals surface area contributed by atoms with E-state index in [1.165, 1.54) is 22.5 Å². The summed E-state index contributed by atoms with van der Waals surface area (Å²) in [6.07, 6.45) is 3.11. The highest BCUT2D eigenvalue weighted by Crippen LogP contribution is 2.36. The van der Waals surface area contributed by atoms with E-state index in [2.05, 4.69) is 52.5 Å². The highest BCUT2D eigenvalue weighted by atomic mass is 15.2. The van der Waals surface area contributed by atoms with Crippen molar-refractivity contribution in [3.8, 4) is 0 Å². The van der Waals surface area contributed by atoms with E-state index in [0.29, 0.717) is 0 Å². The Bertz CT molecular complexity index is 592. The molecule has 2 heterocycles. The quantitative estimate of drug-likeness (QED) is 0.911. The van der Waals surface area contributed by atoms with Gasteiger partial charge in [0.05, 0.1) is 0 Å². The summed E-state index contributed by atoms with van der Waals surface area (Å²) < 4.78 is 0. The average Bonchev–Trinajstić information content (AvgIpc) is 2.85. The van der Waals surface area contributed by atoms with Crippen LogP contribution >= 0.6 is 0 Å². The van der Waals surface area contributed by atoms with Crippen LogP contribution in [0.3, 0.4) is 0 Å². The minimum absolute atomic E-state index is 0.848. The van der Waals surface area contributed by atoms with Crippen molar-refractivity contribution >= 4 is 11.4 Å². The fourth-order valence-electron chi connectivity index (χ4n) is 2.74. The summed E-state index contributed by atoms with van der Waals surface area (Å²) >= 11 is 0. The van der Waals surface area contributed by atoms with Crippen molar-refractivity contribution in [2.45, 2.75) is 19.9 Å². The summed E-state index contributed by atoms with van der Waals surface area (Å²) in [5.74, 6) is 0. The van der Waals surface area contributed by atoms with Gasteiger partial charge < -0.3 is 10.2 Å². The lowest BCUT2D eigenvalue weighted by Crippen LogP contribution is -2.18. The number of benzene rings is 1. The molecule has 3 nitrogen and oxygen atoms in total. The molecule has 1 aliphatic rings. The van der Waals surface area contributed by atoms with E-state index in [9.17, 15) is 0 Å². The second-order valence-corrected chi connectivity index (χ2v) is 5.02. The molecule has 2 aromatic rings. The second-order valence-electron chi connectivity index (χ2n) is 5.02. The Balaban J connectivity index is 2.05. The number of anilines is 2. The highest BCUT2D eigenvalue weighted by molar-refractivity contribution is 5.72. The Morgan fingerprint density at radius 1 is 1.26 bits per heavy atom. The van der Waals surface area contributed by atoms with Crippen molar-refractivity contribution in [3.63, 3.8) is 0 Å². The van der Waals surface area contributed by atoms with Gasteiger partial charge in [-0.3, -0.25) is 4.98 Å². The summed E-state index contributed by atoms with van der Waals surface area (Å²) in [5, 5.41) is 3.22. The summed E-state index contributed by atoms with van der Waals surface area (Å²) in [6.45, 7) is 3.95. The van der Waals surface area contributed by atoms with Crippen molar-refractivity contribution in [1.29, 1.82) is 0 Å². The third kappa shape index (κ3) is 2.22. The van der Waals surface area contributed by atoms with E-state index in [4.69, 9.17) is 0 Å². The molecule has 1 aliphatic heterocycles. The fourth-order valence-corrected chi connectivity index (χ4v) is 2.74. The van der Waals surface area contributed by atoms with Crippen LogP contribution < -0.4 is 10.2 Å². The molecule has 0 fully saturated rings. The standard InChI is InChI=1S/C16H19N3/c1-12-9-16(14(10-17-2)11-18-12)19-8-7-13-5-3-4-6-15(13)19/h3-6,9,11,17H,7-8,10H2,1-2H3. The lowest BCUT2D eigenvalue weighted by molar-refractivity contribution is 0.806. The molecule has 0 saturated heterocycles. The van der Waals surface area contributed by atoms with Crippen molar-refractivity contribution < 1.29 is 0 Å². The molecule has 1 aromatic carbocycles. The molecule has 98 valence electrons. The molecule has 0 amide bonds. The predicted molar refractivity (Wildman–Crippen MR) is 78.9 cm³/mol. The normalized spacial score (nSPS) is 13.7. The monoisotopic (exact) mass is 253 g/mol. The predicted octanol–water partition coefficient (Wildman–Crippen LogP) is 2.80. The third-order valence-electron chi connectivity index (χ3n) is 3.64. The van der Waals surface area contributed by atoms with E-state index in [1.807, 2.05) is 13.2 Å². The van der Waals surface area contributed by atoms with Gasteiger partial charge in [0.2, 0.25) is 0 Å². The summed E-state index contributed by atoms with van der Waals surface area (Å²) in [7, 11) is 1.97. The first kappa shape index (κ1) is 12.2. The van der Waals surface area contributed by atoms with Gasteiger partial charge in [-0.2, -0.15) is 0 Å². The summed E-state index contributed by atoms with van der Waals surface area (Å²) in [5.41, 5.74) is 6.38. The van der Waals surface area contributed by atoms with Gasteiger partial charge in [-0.05, 0) is 38.1 Å². The summed E-state index contributed by atoms with van der Waals surface area (Å²) in [4.78, 5) is 6.83. The summed E-state index contributed by atoms with van der Waals surface area (Å²) in [6, 6.07) is 10.9. The number of aryl methyl sites for hydroxylation is 1. The Labute approximate surface area is 114 Å². The molecule has 0 bridgehead atoms. The van der Waals surface area contributed by atoms with Crippen LogP contribution in [0.25, 0.3) is 0 Å². The third-order valence-corrected chi connectivity index (χ3v) is 3.64. The topological polar surface area (TPSA) is 28.2 Å². The number of pyridine rings is 1. The zero-order valence-electron chi connectivity index (χ0n) is 11.5. The number of rotatable bonds is 3. The minimum Gasteiger partial charge on any atom is -0.341 e. The van der Waals surface area contributed by atoms with Gasteiger partial charge in [-0.1, -0.05) is 18.2 Å². The van der Waals surface area contributed by atoms with Gasteiger partial charge in [0, 0.05) is 41.9 Å². The maximum absolute atomic E-state index is 4.42. The molecular formula is C16H19N3. The van der Waals surface area contributed by atoms with Gasteiger partial charge in [-0.15, -0.1) is 0 Å². The van der Waals surface area contributed by atoms with Crippen LogP contribution in [0.15, 0.2) is 36.5 Å². The highest BCUT2D eigenvalue weighted by Gasteiger charge is 2.21. The van der Waals surface area contributed by atoms with Gasteiger partial charge >= 0.3 is 0 Å². The molecule has 3 heteroatoms. The molecule has 0 aliphatic carbocycles. The maximum Gasteiger partial charge on any atom is 0.0490 e. The van der Waals surface area contributed by atoms with Gasteiger partial charge in [-0.25, -0.2) is 0 Å². The van der Waals surface area contributed by atoms with E-state index in [0.717, 1.165) is 25.2 Å². The maximum atomic E-state index is 4.42. The Morgan fingerprint density at radius 2 is 2.11 bits per heavy atom. The van der Waals surface area contributed by atoms with E-state index >= 15 is 0 Å². The Hall–Kier alpha value is -1.87. The van der Waals surface area contributed by atoms with Crippen LogP contribution in [0.5, 0.6) is 0 Å². The minimum atomic E-state index is 0.848. The Kier molecular flexibility index (Phi) is 3.22. The number of para-hydroxylation sites is 1. The van der Waals surface area contributed by atoms with Crippen LogP contribution in [-0.2, 0) is 13.0 Å². The molecule has 0 radical (unpaired) electrons. The lowest BCUT2D eigenvalue weighted by atomic mass is 10.1. The molecular weight excluding hydrogens is 234 g/mol. The van der Waals surface area contributed by atoms with Crippen LogP contribution in [0.2, 0.25) is 0 Å². The number of nitrogens with zero attached hydrogens (tertiary/aromatic N) is 2. The first-order chi connectivity index (χ1) is 9.29. The van der Waals surface area contributed by atoms with E-state index in [1.54, 1.807) is 0 Å². The number of hydrogen-bond acceptors (Lipinski definition) is 3. The number of aromatic nitrogens is 1. The zero-order valence-corrected chi connectivity index (χ0v) is 11.5. The van der Waals surface area contributed by atoms with E-state index in [-0.39, 0.29) is 0 Å². The average molecular weight is 253 g/mol. The van der Waals surface area contributed by atoms with Crippen LogP contribution in [0, 0.1) is 6.92 Å². The smallest absolute Gasteiger partial charge is 0.0490 e. The van der Waals surface area contributed by atoms with Crippen LogP contribution in [0.1, 0.15) is 16.8 Å². The molecule has 0 saturated carbocycles. The van der Waals surface area contributed by atoms with Crippen LogP contribution in [0.4, 0.5) is 11.4 Å². The molecule has 3 rings (SSSR count). The first-order valence-electron chi connectivity index (χ1n) is 6.75. The van der Waals surface area contributed by atoms with Crippen molar-refractivity contribution in [3.05, 3.63) is 53.3 Å². The molecule has 0 atom stereocenters. The molecule has 1 aromatic heterocycles. The second kappa shape index (κ2) is 5.02. The van der Waals surface area contributed by atoms with Crippen LogP contribution in [-0.4, -0.2) is 18.6 Å². The number of hydrogen-bond donors (Lipinski definition) is 1. The van der Waals surface area contributed by atoms with Crippen molar-refractivity contribution in [2.75, 3.05) is 18.5 Å². The zero-order chi connectivity index (χ0) is 13.2. The van der Waals surface area contributed by atoms with Gasteiger partial charge in [0.15, 0.2) is 0 Å². The SMILES string of the molecule is CNCc1cnc(C)cc1N1CCc2ccccc21. The van der Waals surface area contributed by atoms with Crippen molar-refractivity contribution in [1.82, 2.24) is 10.3 Å². The molecule has 1 N–H and O–H groups in total. The molecule has 19 heavy (non-hydrogen) atoms. The lowest BCUT2D eigenvalue weighted by Gasteiger charge is -2.23. The van der Waals surface area contributed by atoms with Crippen molar-refractivity contribution in [2.24, 2.45) is 0 Å². The molecule has 0 unspecified atom stereocenters. The largest absolute Gasteiger partial charge is 0.341 e. The Morgan fingerprint density at radius 3 is 2.95 bits per heavy atom.